The molecule has 1 aromatic rings. The molecule has 1 aliphatic heterocycles. The van der Waals surface area contributed by atoms with E-state index >= 15 is 0 Å². The third-order valence-corrected chi connectivity index (χ3v) is 6.95. The van der Waals surface area contributed by atoms with Crippen molar-refractivity contribution in [2.24, 2.45) is 0 Å². The van der Waals surface area contributed by atoms with Gasteiger partial charge in [-0.25, -0.2) is 13.6 Å². The van der Waals surface area contributed by atoms with E-state index in [0.717, 1.165) is 31.4 Å². The molecule has 0 aromatic heterocycles. The van der Waals surface area contributed by atoms with Crippen LogP contribution in [0, 0.1) is 11.6 Å². The molecule has 1 aromatic carbocycles. The van der Waals surface area contributed by atoms with E-state index in [2.05, 4.69) is 6.92 Å². The van der Waals surface area contributed by atoms with E-state index in [1.165, 1.54) is 88.0 Å². The van der Waals surface area contributed by atoms with Crippen LogP contribution < -0.4 is 0 Å². The van der Waals surface area contributed by atoms with Gasteiger partial charge in [0.05, 0.1) is 6.61 Å². The molecule has 0 bridgehead atoms. The molecule has 1 heterocycles. The number of benzene rings is 1. The van der Waals surface area contributed by atoms with E-state index < -0.39 is 35.1 Å². The van der Waals surface area contributed by atoms with E-state index in [0.29, 0.717) is 26.0 Å². The van der Waals surface area contributed by atoms with E-state index in [9.17, 15) is 18.4 Å². The first-order chi connectivity index (χ1) is 17.1. The van der Waals surface area contributed by atoms with Crippen molar-refractivity contribution < 1.29 is 23.1 Å². The Balaban J connectivity index is 1.50. The molecule has 6 heteroatoms. The second-order valence-corrected chi connectivity index (χ2v) is 9.87. The summed E-state index contributed by atoms with van der Waals surface area (Å²) in [6.45, 7) is 2.88. The number of rotatable bonds is 18. The van der Waals surface area contributed by atoms with Gasteiger partial charge in [-0.3, -0.25) is 4.79 Å². The van der Waals surface area contributed by atoms with Gasteiger partial charge in [0, 0.05) is 6.54 Å². The molecule has 2 rings (SSSR count). The number of likely N-dealkylation sites (tertiary alicyclic amines) is 1. The normalized spacial score (nSPS) is 15.5. The van der Waals surface area contributed by atoms with Gasteiger partial charge in [0.1, 0.15) is 23.2 Å². The monoisotopic (exact) mass is 493 g/mol. The maximum absolute atomic E-state index is 14.0. The number of hydrogen-bond acceptors (Lipinski definition) is 3. The first-order valence-electron chi connectivity index (χ1n) is 14.0. The van der Waals surface area contributed by atoms with Crippen LogP contribution in [0.2, 0.25) is 0 Å². The number of halogens is 2. The number of esters is 1. The van der Waals surface area contributed by atoms with Crippen LogP contribution in [0.4, 0.5) is 8.78 Å². The molecule has 35 heavy (non-hydrogen) atoms. The quantitative estimate of drug-likeness (QED) is 0.154. The summed E-state index contributed by atoms with van der Waals surface area (Å²) in [7, 11) is 0. The molecule has 1 fully saturated rings. The van der Waals surface area contributed by atoms with Gasteiger partial charge in [-0.2, -0.15) is 0 Å². The zero-order valence-corrected chi connectivity index (χ0v) is 21.7. The summed E-state index contributed by atoms with van der Waals surface area (Å²) in [5.41, 5.74) is -0.602. The van der Waals surface area contributed by atoms with Crippen LogP contribution in [-0.4, -0.2) is 36.0 Å². The van der Waals surface area contributed by atoms with Crippen molar-refractivity contribution in [3.8, 4) is 0 Å². The minimum absolute atomic E-state index is 0.297. The third kappa shape index (κ3) is 10.7. The number of unbranched alkanes of at least 4 members (excludes halogenated alkanes) is 14. The van der Waals surface area contributed by atoms with Crippen LogP contribution in [0.15, 0.2) is 18.2 Å². The van der Waals surface area contributed by atoms with Gasteiger partial charge in [0.25, 0.3) is 5.91 Å². The molecule has 1 saturated heterocycles. The first-order valence-corrected chi connectivity index (χ1v) is 14.0. The van der Waals surface area contributed by atoms with Crippen LogP contribution in [0.1, 0.15) is 126 Å². The fourth-order valence-corrected chi connectivity index (χ4v) is 4.84. The Bertz CT molecular complexity index is 735. The molecular formula is C29H45F2NO3. The molecule has 0 spiro atoms. The topological polar surface area (TPSA) is 46.6 Å². The summed E-state index contributed by atoms with van der Waals surface area (Å²) >= 11 is 0. The summed E-state index contributed by atoms with van der Waals surface area (Å²) in [5.74, 6) is -3.08. The maximum atomic E-state index is 14.0. The van der Waals surface area contributed by atoms with E-state index in [-0.39, 0.29) is 0 Å². The van der Waals surface area contributed by atoms with Crippen LogP contribution in [0.3, 0.4) is 0 Å². The van der Waals surface area contributed by atoms with Crippen LogP contribution >= 0.6 is 0 Å². The van der Waals surface area contributed by atoms with Crippen molar-refractivity contribution in [1.29, 1.82) is 0 Å². The molecule has 1 atom stereocenters. The number of nitrogens with zero attached hydrogens (tertiary/aromatic N) is 1. The molecule has 4 nitrogen and oxygen atoms in total. The Hall–Kier alpha value is -1.98. The predicted molar refractivity (Wildman–Crippen MR) is 136 cm³/mol. The minimum atomic E-state index is -0.910. The van der Waals surface area contributed by atoms with Gasteiger partial charge in [0.2, 0.25) is 0 Å². The Labute approximate surface area is 210 Å². The lowest BCUT2D eigenvalue weighted by molar-refractivity contribution is -0.148. The molecule has 0 N–H and O–H groups in total. The zero-order valence-electron chi connectivity index (χ0n) is 21.7. The summed E-state index contributed by atoms with van der Waals surface area (Å²) in [6, 6.07) is 2.55. The van der Waals surface area contributed by atoms with Crippen molar-refractivity contribution in [3.63, 3.8) is 0 Å². The molecule has 0 radical (unpaired) electrons. The Morgan fingerprint density at radius 2 is 1.31 bits per heavy atom. The SMILES string of the molecule is CCCCCCCCCCCCCCCCCOC(=O)C1CCCN1C(=O)c1c(F)cccc1F. The van der Waals surface area contributed by atoms with Crippen LogP contribution in [0.5, 0.6) is 0 Å². The molecule has 198 valence electrons. The van der Waals surface area contributed by atoms with Crippen LogP contribution in [0.25, 0.3) is 0 Å². The number of hydrogen-bond donors (Lipinski definition) is 0. The largest absolute Gasteiger partial charge is 0.464 e. The highest BCUT2D eigenvalue weighted by atomic mass is 19.1. The number of amides is 1. The average molecular weight is 494 g/mol. The van der Waals surface area contributed by atoms with Crippen molar-refractivity contribution in [2.45, 2.75) is 122 Å². The third-order valence-electron chi connectivity index (χ3n) is 6.95. The number of carbonyl (C=O) groups excluding carboxylic acids is 2. The Morgan fingerprint density at radius 3 is 1.83 bits per heavy atom. The highest BCUT2D eigenvalue weighted by Crippen LogP contribution is 2.24. The standard InChI is InChI=1S/C29H45F2NO3/c1-2-3-4-5-6-7-8-9-10-11-12-13-14-15-16-23-35-29(34)26-21-18-22-32(26)28(33)27-24(30)19-17-20-25(27)31/h17,19-20,26H,2-16,18,21-23H2,1H3. The fourth-order valence-electron chi connectivity index (χ4n) is 4.84. The second-order valence-electron chi connectivity index (χ2n) is 9.87. The van der Waals surface area contributed by atoms with Crippen molar-refractivity contribution in [3.05, 3.63) is 35.4 Å². The lowest BCUT2D eigenvalue weighted by Crippen LogP contribution is -2.42. The van der Waals surface area contributed by atoms with Gasteiger partial charge in [-0.15, -0.1) is 0 Å². The number of carbonyl (C=O) groups is 2. The number of ether oxygens (including phenoxy) is 1. The molecule has 0 saturated carbocycles. The zero-order chi connectivity index (χ0) is 25.3. The van der Waals surface area contributed by atoms with Gasteiger partial charge < -0.3 is 9.64 Å². The molecular weight excluding hydrogens is 448 g/mol. The first kappa shape index (κ1) is 29.3. The predicted octanol–water partition coefficient (Wildman–Crippen LogP) is 7.98. The summed E-state index contributed by atoms with van der Waals surface area (Å²) in [6.07, 6.45) is 20.1. The summed E-state index contributed by atoms with van der Waals surface area (Å²) in [5, 5.41) is 0. The lowest BCUT2D eigenvalue weighted by Gasteiger charge is -2.23. The lowest BCUT2D eigenvalue weighted by atomic mass is 10.0. The average Bonchev–Trinajstić information content (AvgIpc) is 3.34. The second kappa shape index (κ2) is 17.4. The van der Waals surface area contributed by atoms with Crippen molar-refractivity contribution in [1.82, 2.24) is 4.90 Å². The molecule has 1 amide bonds. The maximum Gasteiger partial charge on any atom is 0.328 e. The van der Waals surface area contributed by atoms with E-state index in [1.54, 1.807) is 0 Å². The van der Waals surface area contributed by atoms with Crippen LogP contribution in [-0.2, 0) is 9.53 Å². The highest BCUT2D eigenvalue weighted by molar-refractivity contribution is 5.97. The molecule has 0 aliphatic carbocycles. The van der Waals surface area contributed by atoms with Crippen molar-refractivity contribution in [2.75, 3.05) is 13.2 Å². The summed E-state index contributed by atoms with van der Waals surface area (Å²) < 4.78 is 33.4. The van der Waals surface area contributed by atoms with Gasteiger partial charge >= 0.3 is 5.97 Å². The fraction of sp³-hybridized carbons (Fsp3) is 0.724. The smallest absolute Gasteiger partial charge is 0.328 e. The summed E-state index contributed by atoms with van der Waals surface area (Å²) in [4.78, 5) is 26.4. The highest BCUT2D eigenvalue weighted by Gasteiger charge is 2.37. The Kier molecular flexibility index (Phi) is 14.6. The van der Waals surface area contributed by atoms with Crippen molar-refractivity contribution >= 4 is 11.9 Å². The van der Waals surface area contributed by atoms with Gasteiger partial charge in [0.15, 0.2) is 0 Å². The van der Waals surface area contributed by atoms with Gasteiger partial charge in [-0.05, 0) is 31.4 Å². The molecule has 1 aliphatic rings. The van der Waals surface area contributed by atoms with Gasteiger partial charge in [-0.1, -0.05) is 103 Å². The molecule has 1 unspecified atom stereocenters. The van der Waals surface area contributed by atoms with E-state index in [4.69, 9.17) is 4.74 Å². The van der Waals surface area contributed by atoms with E-state index in [1.807, 2.05) is 0 Å². The Morgan fingerprint density at radius 1 is 0.829 bits per heavy atom. The minimum Gasteiger partial charge on any atom is -0.464 e.